The molecule has 3 nitrogen and oxygen atoms in total. The average Bonchev–Trinajstić information content (AvgIpc) is 2.57. The van der Waals surface area contributed by atoms with Crippen LogP contribution in [0.3, 0.4) is 0 Å². The first-order valence-electron chi connectivity index (χ1n) is 5.41. The fourth-order valence-electron chi connectivity index (χ4n) is 1.89. The van der Waals surface area contributed by atoms with Crippen LogP contribution in [0.25, 0.3) is 0 Å². The van der Waals surface area contributed by atoms with E-state index in [1.165, 1.54) is 0 Å². The van der Waals surface area contributed by atoms with Crippen molar-refractivity contribution in [3.05, 3.63) is 35.4 Å². The molecule has 80 valence electrons. The van der Waals surface area contributed by atoms with E-state index in [1.54, 1.807) is 0 Å². The predicted molar refractivity (Wildman–Crippen MR) is 59.7 cm³/mol. The van der Waals surface area contributed by atoms with Gasteiger partial charge in [0, 0.05) is 25.2 Å². The lowest BCUT2D eigenvalue weighted by atomic mass is 10.1. The van der Waals surface area contributed by atoms with Gasteiger partial charge in [0.05, 0.1) is 0 Å². The highest BCUT2D eigenvalue weighted by atomic mass is 16.2. The van der Waals surface area contributed by atoms with Crippen molar-refractivity contribution in [2.24, 2.45) is 0 Å². The summed E-state index contributed by atoms with van der Waals surface area (Å²) < 4.78 is 0. The Bertz CT molecular complexity index is 362. The highest BCUT2D eigenvalue weighted by Crippen LogP contribution is 2.21. The van der Waals surface area contributed by atoms with Gasteiger partial charge in [-0.1, -0.05) is 25.1 Å². The Balaban J connectivity index is 2.01. The van der Waals surface area contributed by atoms with E-state index in [2.05, 4.69) is 12.2 Å². The summed E-state index contributed by atoms with van der Waals surface area (Å²) in [5.41, 5.74) is 2.02. The van der Waals surface area contributed by atoms with Crippen molar-refractivity contribution < 1.29 is 4.79 Å². The van der Waals surface area contributed by atoms with E-state index >= 15 is 0 Å². The van der Waals surface area contributed by atoms with Crippen molar-refractivity contribution in [1.82, 2.24) is 10.2 Å². The Labute approximate surface area is 90.1 Å². The molecule has 0 spiro atoms. The molecule has 1 aromatic carbocycles. The summed E-state index contributed by atoms with van der Waals surface area (Å²) in [6, 6.07) is 7.84. The molecule has 1 aromatic rings. The van der Waals surface area contributed by atoms with Gasteiger partial charge in [0.15, 0.2) is 0 Å². The minimum absolute atomic E-state index is 0.170. The molecule has 0 fully saturated rings. The number of nitrogens with zero attached hydrogens (tertiary/aromatic N) is 1. The number of hydrogen-bond acceptors (Lipinski definition) is 2. The number of carbonyl (C=O) groups excluding carboxylic acids is 1. The van der Waals surface area contributed by atoms with E-state index in [1.807, 2.05) is 29.2 Å². The van der Waals surface area contributed by atoms with Gasteiger partial charge in [-0.25, -0.2) is 0 Å². The number of likely N-dealkylation sites (N-methyl/N-ethyl adjacent to an activating group) is 1. The number of carbonyl (C=O) groups is 1. The molecule has 1 aliphatic rings. The molecule has 2 rings (SSSR count). The number of hydrogen-bond donors (Lipinski definition) is 1. The second-order valence-corrected chi connectivity index (χ2v) is 3.74. The molecule has 0 aromatic heterocycles. The van der Waals surface area contributed by atoms with Gasteiger partial charge in [0.25, 0.3) is 5.91 Å². The van der Waals surface area contributed by atoms with E-state index in [-0.39, 0.29) is 5.91 Å². The molecule has 0 unspecified atom stereocenters. The Morgan fingerprint density at radius 2 is 2.20 bits per heavy atom. The molecule has 0 saturated heterocycles. The fourth-order valence-corrected chi connectivity index (χ4v) is 1.89. The highest BCUT2D eigenvalue weighted by Gasteiger charge is 2.25. The highest BCUT2D eigenvalue weighted by molar-refractivity contribution is 5.98. The van der Waals surface area contributed by atoms with Gasteiger partial charge >= 0.3 is 0 Å². The quantitative estimate of drug-likeness (QED) is 0.749. The lowest BCUT2D eigenvalue weighted by molar-refractivity contribution is 0.0780. The zero-order chi connectivity index (χ0) is 10.7. The molecule has 0 atom stereocenters. The van der Waals surface area contributed by atoms with Crippen molar-refractivity contribution >= 4 is 5.91 Å². The third-order valence-electron chi connectivity index (χ3n) is 2.70. The molecular weight excluding hydrogens is 188 g/mol. The zero-order valence-electron chi connectivity index (χ0n) is 8.99. The standard InChI is InChI=1S/C12H16N2O/c1-2-13-7-8-14-9-10-5-3-4-6-11(10)12(14)15/h3-6,13H,2,7-9H2,1H3. The Hall–Kier alpha value is -1.35. The monoisotopic (exact) mass is 204 g/mol. The van der Waals surface area contributed by atoms with Crippen molar-refractivity contribution in [3.63, 3.8) is 0 Å². The Morgan fingerprint density at radius 1 is 1.40 bits per heavy atom. The van der Waals surface area contributed by atoms with Gasteiger partial charge in [-0.15, -0.1) is 0 Å². The van der Waals surface area contributed by atoms with Gasteiger partial charge < -0.3 is 10.2 Å². The maximum atomic E-state index is 11.9. The second-order valence-electron chi connectivity index (χ2n) is 3.74. The lowest BCUT2D eigenvalue weighted by Gasteiger charge is -2.15. The maximum Gasteiger partial charge on any atom is 0.254 e. The maximum absolute atomic E-state index is 11.9. The molecule has 0 aliphatic carbocycles. The number of rotatable bonds is 4. The summed E-state index contributed by atoms with van der Waals surface area (Å²) in [5.74, 6) is 0.170. The lowest BCUT2D eigenvalue weighted by Crippen LogP contribution is -2.32. The van der Waals surface area contributed by atoms with E-state index in [4.69, 9.17) is 0 Å². The molecule has 0 radical (unpaired) electrons. The topological polar surface area (TPSA) is 32.3 Å². The second kappa shape index (κ2) is 4.45. The van der Waals surface area contributed by atoms with Crippen molar-refractivity contribution in [2.45, 2.75) is 13.5 Å². The normalized spacial score (nSPS) is 14.5. The summed E-state index contributed by atoms with van der Waals surface area (Å²) in [6.45, 7) is 5.45. The molecule has 1 N–H and O–H groups in total. The first-order chi connectivity index (χ1) is 7.33. The van der Waals surface area contributed by atoms with Gasteiger partial charge in [-0.2, -0.15) is 0 Å². The van der Waals surface area contributed by atoms with E-state index < -0.39 is 0 Å². The van der Waals surface area contributed by atoms with Crippen molar-refractivity contribution in [3.8, 4) is 0 Å². The smallest absolute Gasteiger partial charge is 0.254 e. The van der Waals surface area contributed by atoms with E-state index in [0.717, 1.165) is 37.3 Å². The number of fused-ring (bicyclic) bond motifs is 1. The number of benzene rings is 1. The SMILES string of the molecule is CCNCCN1Cc2ccccc2C1=O. The van der Waals surface area contributed by atoms with Crippen LogP contribution in [0.5, 0.6) is 0 Å². The van der Waals surface area contributed by atoms with Crippen LogP contribution in [0.1, 0.15) is 22.8 Å². The number of nitrogens with one attached hydrogen (secondary N) is 1. The molecule has 0 saturated carbocycles. The zero-order valence-corrected chi connectivity index (χ0v) is 8.99. The minimum atomic E-state index is 0.170. The molecule has 1 aliphatic heterocycles. The molecule has 3 heteroatoms. The molecule has 0 bridgehead atoms. The van der Waals surface area contributed by atoms with Crippen LogP contribution in [0.2, 0.25) is 0 Å². The van der Waals surface area contributed by atoms with Crippen LogP contribution >= 0.6 is 0 Å². The minimum Gasteiger partial charge on any atom is -0.333 e. The number of amides is 1. The van der Waals surface area contributed by atoms with E-state index in [9.17, 15) is 4.79 Å². The van der Waals surface area contributed by atoms with Crippen molar-refractivity contribution in [2.75, 3.05) is 19.6 Å². The average molecular weight is 204 g/mol. The summed E-state index contributed by atoms with van der Waals surface area (Å²) in [6.07, 6.45) is 0. The predicted octanol–water partition coefficient (Wildman–Crippen LogP) is 1.25. The van der Waals surface area contributed by atoms with Crippen LogP contribution < -0.4 is 5.32 Å². The van der Waals surface area contributed by atoms with Crippen LogP contribution in [0.15, 0.2) is 24.3 Å². The van der Waals surface area contributed by atoms with Gasteiger partial charge in [-0.3, -0.25) is 4.79 Å². The van der Waals surface area contributed by atoms with Gasteiger partial charge in [-0.05, 0) is 18.2 Å². The first kappa shape index (κ1) is 10.2. The van der Waals surface area contributed by atoms with Crippen LogP contribution in [0.4, 0.5) is 0 Å². The van der Waals surface area contributed by atoms with Crippen LogP contribution in [0, 0.1) is 0 Å². The fraction of sp³-hybridized carbons (Fsp3) is 0.417. The first-order valence-corrected chi connectivity index (χ1v) is 5.41. The third-order valence-corrected chi connectivity index (χ3v) is 2.70. The van der Waals surface area contributed by atoms with Gasteiger partial charge in [0.1, 0.15) is 0 Å². The molecule has 1 amide bonds. The Kier molecular flexibility index (Phi) is 3.02. The summed E-state index contributed by atoms with van der Waals surface area (Å²) in [5, 5.41) is 3.23. The third kappa shape index (κ3) is 2.02. The molecule has 1 heterocycles. The summed E-state index contributed by atoms with van der Waals surface area (Å²) >= 11 is 0. The van der Waals surface area contributed by atoms with Crippen molar-refractivity contribution in [1.29, 1.82) is 0 Å². The summed E-state index contributed by atoms with van der Waals surface area (Å²) in [4.78, 5) is 13.8. The molecular formula is C12H16N2O. The largest absolute Gasteiger partial charge is 0.333 e. The molecule has 15 heavy (non-hydrogen) atoms. The van der Waals surface area contributed by atoms with Crippen LogP contribution in [-0.2, 0) is 6.54 Å². The summed E-state index contributed by atoms with van der Waals surface area (Å²) in [7, 11) is 0. The van der Waals surface area contributed by atoms with Crippen LogP contribution in [-0.4, -0.2) is 30.4 Å². The Morgan fingerprint density at radius 3 is 2.93 bits per heavy atom. The van der Waals surface area contributed by atoms with E-state index in [0.29, 0.717) is 0 Å². The van der Waals surface area contributed by atoms with Gasteiger partial charge in [0.2, 0.25) is 0 Å².